The summed E-state index contributed by atoms with van der Waals surface area (Å²) in [5.41, 5.74) is 6.13. The summed E-state index contributed by atoms with van der Waals surface area (Å²) in [5.74, 6) is -1.54. The molecule has 1 saturated carbocycles. The Labute approximate surface area is 218 Å². The number of halogens is 3. The van der Waals surface area contributed by atoms with Gasteiger partial charge in [0.05, 0.1) is 11.1 Å². The summed E-state index contributed by atoms with van der Waals surface area (Å²) >= 11 is 2.14. The fourth-order valence-corrected chi connectivity index (χ4v) is 4.97. The zero-order valence-electron chi connectivity index (χ0n) is 18.9. The van der Waals surface area contributed by atoms with Gasteiger partial charge in [0.2, 0.25) is 11.8 Å². The van der Waals surface area contributed by atoms with Crippen molar-refractivity contribution in [1.29, 1.82) is 0 Å². The number of fused-ring (bicyclic) bond motifs is 1. The number of pyridine rings is 1. The molecule has 2 aromatic carbocycles. The standard InChI is InChI=1S/C26H21F2IN4O3/c27-15-1-3-16(4-2-15)33(23(35)13-26(8-9-26)12-22(30)34)17-5-6-20(18(28)11-17)36-21-7-10-31-25-24(21)19(29)14-32-25/h1-7,10-11,14H,8-9,12-13H2,(H2,30,34)(H,31,32). The maximum Gasteiger partial charge on any atom is 0.232 e. The van der Waals surface area contributed by atoms with Gasteiger partial charge in [-0.15, -0.1) is 0 Å². The highest BCUT2D eigenvalue weighted by atomic mass is 127. The third-order valence-corrected chi connectivity index (χ3v) is 7.10. The fourth-order valence-electron chi connectivity index (χ4n) is 4.29. The van der Waals surface area contributed by atoms with E-state index in [0.717, 1.165) is 8.96 Å². The second-order valence-corrected chi connectivity index (χ2v) is 10.1. The number of nitrogens with zero attached hydrogens (tertiary/aromatic N) is 2. The van der Waals surface area contributed by atoms with Gasteiger partial charge >= 0.3 is 0 Å². The molecule has 0 bridgehead atoms. The number of hydrogen-bond donors (Lipinski definition) is 2. The van der Waals surface area contributed by atoms with E-state index >= 15 is 4.39 Å². The maximum atomic E-state index is 15.3. The number of aromatic nitrogens is 2. The zero-order valence-corrected chi connectivity index (χ0v) is 21.1. The molecule has 2 amide bonds. The second kappa shape index (κ2) is 9.49. The SMILES string of the molecule is NC(=O)CC1(CC(=O)N(c2ccc(F)cc2)c2ccc(Oc3ccnc4[nH]cc(I)c34)c(F)c2)CC1. The highest BCUT2D eigenvalue weighted by Crippen LogP contribution is 2.52. The van der Waals surface area contributed by atoms with Gasteiger partial charge in [-0.1, -0.05) is 0 Å². The number of hydrogen-bond acceptors (Lipinski definition) is 4. The first-order valence-electron chi connectivity index (χ1n) is 11.2. The lowest BCUT2D eigenvalue weighted by atomic mass is 9.96. The molecule has 0 unspecified atom stereocenters. The smallest absolute Gasteiger partial charge is 0.232 e. The molecule has 3 N–H and O–H groups in total. The molecule has 1 aliphatic rings. The quantitative estimate of drug-likeness (QED) is 0.244. The third kappa shape index (κ3) is 4.90. The van der Waals surface area contributed by atoms with Crippen molar-refractivity contribution in [3.8, 4) is 11.5 Å². The van der Waals surface area contributed by atoms with Crippen LogP contribution in [0.3, 0.4) is 0 Å². The van der Waals surface area contributed by atoms with Gasteiger partial charge in [0.15, 0.2) is 11.6 Å². The number of nitrogens with one attached hydrogen (secondary N) is 1. The number of rotatable bonds is 8. The van der Waals surface area contributed by atoms with Crippen molar-refractivity contribution >= 4 is 56.8 Å². The molecule has 10 heteroatoms. The lowest BCUT2D eigenvalue weighted by Crippen LogP contribution is -2.30. The number of ether oxygens (including phenoxy) is 1. The predicted octanol–water partition coefficient (Wildman–Crippen LogP) is 5.95. The van der Waals surface area contributed by atoms with Gasteiger partial charge in [-0.25, -0.2) is 13.8 Å². The van der Waals surface area contributed by atoms with E-state index in [1.165, 1.54) is 41.3 Å². The average molecular weight is 602 g/mol. The van der Waals surface area contributed by atoms with Crippen molar-refractivity contribution in [2.24, 2.45) is 11.1 Å². The molecule has 36 heavy (non-hydrogen) atoms. The predicted molar refractivity (Wildman–Crippen MR) is 139 cm³/mol. The zero-order chi connectivity index (χ0) is 25.4. The van der Waals surface area contributed by atoms with Gasteiger partial charge in [-0.2, -0.15) is 0 Å². The molecule has 5 rings (SSSR count). The lowest BCUT2D eigenvalue weighted by molar-refractivity contribution is -0.121. The first-order valence-corrected chi connectivity index (χ1v) is 12.3. The largest absolute Gasteiger partial charge is 0.453 e. The monoisotopic (exact) mass is 602 g/mol. The van der Waals surface area contributed by atoms with Crippen molar-refractivity contribution in [3.05, 3.63) is 76.1 Å². The van der Waals surface area contributed by atoms with Crippen LogP contribution in [0.5, 0.6) is 11.5 Å². The van der Waals surface area contributed by atoms with Crippen molar-refractivity contribution in [3.63, 3.8) is 0 Å². The van der Waals surface area contributed by atoms with Gasteiger partial charge in [0, 0.05) is 40.6 Å². The van der Waals surface area contributed by atoms with Crippen LogP contribution in [0.15, 0.2) is 60.9 Å². The average Bonchev–Trinajstić information content (AvgIpc) is 3.46. The maximum absolute atomic E-state index is 15.3. The summed E-state index contributed by atoms with van der Waals surface area (Å²) in [4.78, 5) is 33.5. The van der Waals surface area contributed by atoms with Gasteiger partial charge < -0.3 is 15.5 Å². The van der Waals surface area contributed by atoms with E-state index in [1.54, 1.807) is 24.5 Å². The van der Waals surface area contributed by atoms with Gasteiger partial charge in [0.25, 0.3) is 0 Å². The Hall–Kier alpha value is -3.54. The van der Waals surface area contributed by atoms with Gasteiger partial charge in [-0.05, 0) is 83.3 Å². The lowest BCUT2D eigenvalue weighted by Gasteiger charge is -2.25. The van der Waals surface area contributed by atoms with Crippen LogP contribution in [-0.2, 0) is 9.59 Å². The van der Waals surface area contributed by atoms with E-state index in [0.29, 0.717) is 29.9 Å². The molecule has 184 valence electrons. The Morgan fingerprint density at radius 2 is 1.78 bits per heavy atom. The van der Waals surface area contributed by atoms with Crippen LogP contribution in [0.25, 0.3) is 11.0 Å². The molecule has 0 aliphatic heterocycles. The van der Waals surface area contributed by atoms with E-state index in [2.05, 4.69) is 32.6 Å². The van der Waals surface area contributed by atoms with Crippen LogP contribution >= 0.6 is 22.6 Å². The molecule has 7 nitrogen and oxygen atoms in total. The van der Waals surface area contributed by atoms with E-state index in [4.69, 9.17) is 10.5 Å². The van der Waals surface area contributed by atoms with Crippen molar-refractivity contribution in [2.45, 2.75) is 25.7 Å². The molecule has 1 aliphatic carbocycles. The minimum Gasteiger partial charge on any atom is -0.453 e. The summed E-state index contributed by atoms with van der Waals surface area (Å²) in [6, 6.07) is 11.2. The molecule has 0 spiro atoms. The Bertz CT molecular complexity index is 1470. The summed E-state index contributed by atoms with van der Waals surface area (Å²) in [6.07, 6.45) is 4.92. The molecule has 2 heterocycles. The molecular formula is C26H21F2IN4O3. The van der Waals surface area contributed by atoms with Crippen LogP contribution < -0.4 is 15.4 Å². The van der Waals surface area contributed by atoms with Crippen LogP contribution in [0.2, 0.25) is 0 Å². The summed E-state index contributed by atoms with van der Waals surface area (Å²) < 4.78 is 35.6. The highest BCUT2D eigenvalue weighted by Gasteiger charge is 2.46. The van der Waals surface area contributed by atoms with Crippen molar-refractivity contribution in [1.82, 2.24) is 9.97 Å². The summed E-state index contributed by atoms with van der Waals surface area (Å²) in [6.45, 7) is 0. The van der Waals surface area contributed by atoms with E-state index < -0.39 is 23.0 Å². The number of nitrogens with two attached hydrogens (primary N) is 1. The second-order valence-electron chi connectivity index (χ2n) is 8.91. The number of carbonyl (C=O) groups excluding carboxylic acids is 2. The molecule has 4 aromatic rings. The number of H-pyrrole nitrogens is 1. The molecule has 0 radical (unpaired) electrons. The molecule has 2 aromatic heterocycles. The van der Waals surface area contributed by atoms with Crippen LogP contribution in [0.4, 0.5) is 20.2 Å². The number of carbonyl (C=O) groups is 2. The topological polar surface area (TPSA) is 101 Å². The number of benzene rings is 2. The fraction of sp³-hybridized carbons (Fsp3) is 0.192. The van der Waals surface area contributed by atoms with Gasteiger partial charge in [-0.3, -0.25) is 14.5 Å². The number of anilines is 2. The number of primary amides is 1. The first-order chi connectivity index (χ1) is 17.2. The van der Waals surface area contributed by atoms with Gasteiger partial charge in [0.1, 0.15) is 17.2 Å². The Morgan fingerprint density at radius 1 is 1.06 bits per heavy atom. The Morgan fingerprint density at radius 3 is 2.44 bits per heavy atom. The molecular weight excluding hydrogens is 581 g/mol. The number of amides is 2. The van der Waals surface area contributed by atoms with Crippen LogP contribution in [-0.4, -0.2) is 21.8 Å². The van der Waals surface area contributed by atoms with Crippen molar-refractivity contribution < 1.29 is 23.1 Å². The minimum atomic E-state index is -0.679. The van der Waals surface area contributed by atoms with E-state index in [9.17, 15) is 14.0 Å². The number of aromatic amines is 1. The normalized spacial score (nSPS) is 14.0. The third-order valence-electron chi connectivity index (χ3n) is 6.25. The first kappa shape index (κ1) is 24.2. The van der Waals surface area contributed by atoms with E-state index in [1.807, 2.05) is 0 Å². The Kier molecular flexibility index (Phi) is 6.37. The minimum absolute atomic E-state index is 0.0258. The summed E-state index contributed by atoms with van der Waals surface area (Å²) in [7, 11) is 0. The van der Waals surface area contributed by atoms with Crippen LogP contribution in [0, 0.1) is 20.6 Å². The molecule has 1 fully saturated rings. The molecule has 0 saturated heterocycles. The van der Waals surface area contributed by atoms with Crippen LogP contribution in [0.1, 0.15) is 25.7 Å². The highest BCUT2D eigenvalue weighted by molar-refractivity contribution is 14.1. The summed E-state index contributed by atoms with van der Waals surface area (Å²) in [5, 5.41) is 0.730. The van der Waals surface area contributed by atoms with Crippen molar-refractivity contribution in [2.75, 3.05) is 4.90 Å². The Balaban J connectivity index is 1.47. The van der Waals surface area contributed by atoms with E-state index in [-0.39, 0.29) is 30.2 Å². The molecule has 0 atom stereocenters.